The van der Waals surface area contributed by atoms with Crippen LogP contribution in [0.2, 0.25) is 0 Å². The second-order valence-electron chi connectivity index (χ2n) is 5.41. The maximum absolute atomic E-state index is 12.6. The van der Waals surface area contributed by atoms with Gasteiger partial charge in [0.2, 0.25) is 11.8 Å². The van der Waals surface area contributed by atoms with Gasteiger partial charge in [-0.1, -0.05) is 6.07 Å². The van der Waals surface area contributed by atoms with Crippen molar-refractivity contribution in [2.75, 3.05) is 22.5 Å². The van der Waals surface area contributed by atoms with Gasteiger partial charge in [0.25, 0.3) is 10.0 Å². The van der Waals surface area contributed by atoms with Crippen LogP contribution in [0.1, 0.15) is 13.8 Å². The van der Waals surface area contributed by atoms with Gasteiger partial charge in [0.1, 0.15) is 5.75 Å². The van der Waals surface area contributed by atoms with Crippen molar-refractivity contribution in [1.82, 2.24) is 0 Å². The molecule has 0 unspecified atom stereocenters. The van der Waals surface area contributed by atoms with Gasteiger partial charge in [-0.3, -0.25) is 14.3 Å². The average Bonchev–Trinajstić information content (AvgIpc) is 2.53. The number of hydrogen-bond donors (Lipinski definition) is 3. The normalized spacial score (nSPS) is 10.7. The predicted octanol–water partition coefficient (Wildman–Crippen LogP) is 2.41. The standard InChI is InChI=1S/C17H19N3O5S/c1-11(21)18-13-5-4-6-14(9-13)20-26(23,24)15-7-8-17(25-3)16(10-15)19-12(2)22/h4-10,20H,1-3H3,(H,18,21)(H,19,22). The molecule has 2 amide bonds. The number of carbonyl (C=O) groups excluding carboxylic acids is 2. The first kappa shape index (κ1) is 19.3. The molecule has 0 atom stereocenters. The van der Waals surface area contributed by atoms with Crippen LogP contribution in [-0.2, 0) is 19.6 Å². The highest BCUT2D eigenvalue weighted by atomic mass is 32.2. The molecule has 0 heterocycles. The minimum atomic E-state index is -3.91. The van der Waals surface area contributed by atoms with Crippen LogP contribution in [-0.4, -0.2) is 27.3 Å². The number of hydrogen-bond acceptors (Lipinski definition) is 5. The SMILES string of the molecule is COc1ccc(S(=O)(=O)Nc2cccc(NC(C)=O)c2)cc1NC(C)=O. The topological polar surface area (TPSA) is 114 Å². The lowest BCUT2D eigenvalue weighted by molar-refractivity contribution is -0.115. The van der Waals surface area contributed by atoms with Crippen molar-refractivity contribution in [3.8, 4) is 5.75 Å². The van der Waals surface area contributed by atoms with Gasteiger partial charge in [-0.05, 0) is 36.4 Å². The Labute approximate surface area is 151 Å². The summed E-state index contributed by atoms with van der Waals surface area (Å²) in [5, 5.41) is 5.11. The van der Waals surface area contributed by atoms with E-state index in [0.29, 0.717) is 11.4 Å². The molecule has 3 N–H and O–H groups in total. The Balaban J connectivity index is 2.33. The summed E-state index contributed by atoms with van der Waals surface area (Å²) in [5.41, 5.74) is 0.995. The highest BCUT2D eigenvalue weighted by Gasteiger charge is 2.17. The summed E-state index contributed by atoms with van der Waals surface area (Å²) in [5.74, 6) is -0.277. The highest BCUT2D eigenvalue weighted by Crippen LogP contribution is 2.28. The molecule has 0 bridgehead atoms. The number of methoxy groups -OCH3 is 1. The van der Waals surface area contributed by atoms with Crippen molar-refractivity contribution in [2.24, 2.45) is 0 Å². The molecular formula is C17H19N3O5S. The van der Waals surface area contributed by atoms with Crippen molar-refractivity contribution in [3.05, 3.63) is 42.5 Å². The second-order valence-corrected chi connectivity index (χ2v) is 7.09. The number of amides is 2. The van der Waals surface area contributed by atoms with Crippen LogP contribution in [0.4, 0.5) is 17.1 Å². The molecule has 0 aromatic heterocycles. The van der Waals surface area contributed by atoms with Gasteiger partial charge in [-0.2, -0.15) is 0 Å². The Morgan fingerprint density at radius 2 is 1.58 bits per heavy atom. The average molecular weight is 377 g/mol. The first-order valence-electron chi connectivity index (χ1n) is 7.57. The van der Waals surface area contributed by atoms with Crippen LogP contribution in [0.3, 0.4) is 0 Å². The Kier molecular flexibility index (Phi) is 5.83. The summed E-state index contributed by atoms with van der Waals surface area (Å²) in [6.07, 6.45) is 0. The Hall–Kier alpha value is -3.07. The maximum atomic E-state index is 12.6. The number of carbonyl (C=O) groups is 2. The van der Waals surface area contributed by atoms with E-state index in [2.05, 4.69) is 15.4 Å². The lowest BCUT2D eigenvalue weighted by atomic mass is 10.3. The van der Waals surface area contributed by atoms with E-state index in [1.54, 1.807) is 18.2 Å². The van der Waals surface area contributed by atoms with Crippen LogP contribution >= 0.6 is 0 Å². The number of ether oxygens (including phenoxy) is 1. The minimum absolute atomic E-state index is 0.0491. The van der Waals surface area contributed by atoms with Crippen LogP contribution in [0.5, 0.6) is 5.75 Å². The van der Waals surface area contributed by atoms with E-state index < -0.39 is 10.0 Å². The predicted molar refractivity (Wildman–Crippen MR) is 98.9 cm³/mol. The Morgan fingerprint density at radius 3 is 2.19 bits per heavy atom. The molecule has 0 spiro atoms. The molecule has 2 aromatic carbocycles. The first-order chi connectivity index (χ1) is 12.2. The van der Waals surface area contributed by atoms with Crippen LogP contribution in [0, 0.1) is 0 Å². The molecule has 0 aliphatic rings. The molecule has 8 nitrogen and oxygen atoms in total. The van der Waals surface area contributed by atoms with Crippen LogP contribution < -0.4 is 20.1 Å². The summed E-state index contributed by atoms with van der Waals surface area (Å²) >= 11 is 0. The summed E-state index contributed by atoms with van der Waals surface area (Å²) in [4.78, 5) is 22.4. The Morgan fingerprint density at radius 1 is 0.923 bits per heavy atom. The number of rotatable bonds is 6. The smallest absolute Gasteiger partial charge is 0.261 e. The zero-order valence-corrected chi connectivity index (χ0v) is 15.3. The second kappa shape index (κ2) is 7.87. The third-order valence-electron chi connectivity index (χ3n) is 3.23. The minimum Gasteiger partial charge on any atom is -0.495 e. The van der Waals surface area contributed by atoms with Gasteiger partial charge in [0, 0.05) is 19.5 Å². The molecule has 138 valence electrons. The molecule has 0 fully saturated rings. The van der Waals surface area contributed by atoms with E-state index in [1.165, 1.54) is 45.2 Å². The monoisotopic (exact) mass is 377 g/mol. The fourth-order valence-corrected chi connectivity index (χ4v) is 3.29. The van der Waals surface area contributed by atoms with Crippen molar-refractivity contribution in [3.63, 3.8) is 0 Å². The van der Waals surface area contributed by atoms with Crippen molar-refractivity contribution < 1.29 is 22.7 Å². The highest BCUT2D eigenvalue weighted by molar-refractivity contribution is 7.92. The number of sulfonamides is 1. The van der Waals surface area contributed by atoms with Crippen LogP contribution in [0.25, 0.3) is 0 Å². The van der Waals surface area contributed by atoms with Crippen LogP contribution in [0.15, 0.2) is 47.4 Å². The van der Waals surface area contributed by atoms with Crippen molar-refractivity contribution in [1.29, 1.82) is 0 Å². The van der Waals surface area contributed by atoms with Gasteiger partial charge in [-0.15, -0.1) is 0 Å². The van der Waals surface area contributed by atoms with E-state index in [0.717, 1.165) is 0 Å². The van der Waals surface area contributed by atoms with Gasteiger partial charge in [-0.25, -0.2) is 8.42 Å². The Bertz CT molecular complexity index is 941. The quantitative estimate of drug-likeness (QED) is 0.715. The van der Waals surface area contributed by atoms with Gasteiger partial charge >= 0.3 is 0 Å². The molecule has 9 heteroatoms. The van der Waals surface area contributed by atoms with E-state index in [1.807, 2.05) is 0 Å². The zero-order chi connectivity index (χ0) is 19.3. The van der Waals surface area contributed by atoms with Gasteiger partial charge in [0.05, 0.1) is 23.4 Å². The van der Waals surface area contributed by atoms with Crippen molar-refractivity contribution in [2.45, 2.75) is 18.7 Å². The lowest BCUT2D eigenvalue weighted by Crippen LogP contribution is -2.15. The number of nitrogens with one attached hydrogen (secondary N) is 3. The summed E-state index contributed by atoms with van der Waals surface area (Å²) in [6, 6.07) is 10.4. The number of benzene rings is 2. The van der Waals surface area contributed by atoms with E-state index in [-0.39, 0.29) is 28.1 Å². The third-order valence-corrected chi connectivity index (χ3v) is 4.61. The van der Waals surface area contributed by atoms with Gasteiger partial charge in [0.15, 0.2) is 0 Å². The molecule has 26 heavy (non-hydrogen) atoms. The van der Waals surface area contributed by atoms with Gasteiger partial charge < -0.3 is 15.4 Å². The molecule has 2 rings (SSSR count). The fourth-order valence-electron chi connectivity index (χ4n) is 2.22. The third kappa shape index (κ3) is 4.96. The summed E-state index contributed by atoms with van der Waals surface area (Å²) < 4.78 is 32.8. The van der Waals surface area contributed by atoms with E-state index in [9.17, 15) is 18.0 Å². The maximum Gasteiger partial charge on any atom is 0.261 e. The number of anilines is 3. The molecule has 0 aliphatic heterocycles. The first-order valence-corrected chi connectivity index (χ1v) is 9.05. The largest absolute Gasteiger partial charge is 0.495 e. The molecule has 2 aromatic rings. The molecule has 0 radical (unpaired) electrons. The fraction of sp³-hybridized carbons (Fsp3) is 0.176. The summed E-state index contributed by atoms with van der Waals surface area (Å²) in [6.45, 7) is 2.67. The lowest BCUT2D eigenvalue weighted by Gasteiger charge is -2.13. The molecule has 0 aliphatic carbocycles. The zero-order valence-electron chi connectivity index (χ0n) is 14.5. The molecular weight excluding hydrogens is 358 g/mol. The van der Waals surface area contributed by atoms with E-state index >= 15 is 0 Å². The summed E-state index contributed by atoms with van der Waals surface area (Å²) in [7, 11) is -2.49. The molecule has 0 saturated carbocycles. The van der Waals surface area contributed by atoms with E-state index in [4.69, 9.17) is 4.74 Å². The van der Waals surface area contributed by atoms with Crippen molar-refractivity contribution >= 4 is 38.9 Å². The molecule has 0 saturated heterocycles.